The van der Waals surface area contributed by atoms with E-state index in [1.54, 1.807) is 6.92 Å². The molecular weight excluding hydrogens is 242 g/mol. The third-order valence-corrected chi connectivity index (χ3v) is 3.02. The van der Waals surface area contributed by atoms with Gasteiger partial charge in [0.2, 0.25) is 0 Å². The number of rotatable bonds is 6. The first-order valence-electron chi connectivity index (χ1n) is 6.49. The van der Waals surface area contributed by atoms with Gasteiger partial charge in [-0.2, -0.15) is 0 Å². The van der Waals surface area contributed by atoms with E-state index in [1.807, 2.05) is 45.0 Å². The number of carbonyl (C=O) groups is 1. The number of carboxylic acids is 1. The molecule has 4 heteroatoms. The van der Waals surface area contributed by atoms with Crippen molar-refractivity contribution in [3.63, 3.8) is 0 Å². The molecule has 0 heterocycles. The fourth-order valence-electron chi connectivity index (χ4n) is 1.90. The van der Waals surface area contributed by atoms with Gasteiger partial charge < -0.3 is 14.7 Å². The van der Waals surface area contributed by atoms with Crippen molar-refractivity contribution in [2.24, 2.45) is 0 Å². The molecule has 0 spiro atoms. The molecule has 19 heavy (non-hydrogen) atoms. The lowest BCUT2D eigenvalue weighted by molar-refractivity contribution is 0.0691. The lowest BCUT2D eigenvalue weighted by Crippen LogP contribution is -2.21. The van der Waals surface area contributed by atoms with Crippen molar-refractivity contribution in [2.75, 3.05) is 27.2 Å². The lowest BCUT2D eigenvalue weighted by atomic mass is 9.96. The normalized spacial score (nSPS) is 11.1. The molecule has 0 bridgehead atoms. The molecular formula is C15H23NO3. The van der Waals surface area contributed by atoms with Crippen LogP contribution in [0.1, 0.15) is 41.3 Å². The number of likely N-dealkylation sites (N-methyl/N-ethyl adjacent to an activating group) is 1. The van der Waals surface area contributed by atoms with Crippen LogP contribution in [0.25, 0.3) is 0 Å². The van der Waals surface area contributed by atoms with Crippen LogP contribution >= 0.6 is 0 Å². The number of ether oxygens (including phenoxy) is 1. The highest BCUT2D eigenvalue weighted by Crippen LogP contribution is 2.32. The first-order chi connectivity index (χ1) is 8.84. The second-order valence-corrected chi connectivity index (χ2v) is 5.29. The van der Waals surface area contributed by atoms with Crippen LogP contribution in [0.3, 0.4) is 0 Å². The van der Waals surface area contributed by atoms with Gasteiger partial charge in [-0.15, -0.1) is 0 Å². The quantitative estimate of drug-likeness (QED) is 0.859. The van der Waals surface area contributed by atoms with Crippen LogP contribution in [-0.4, -0.2) is 43.2 Å². The Bertz CT molecular complexity index is 453. The van der Waals surface area contributed by atoms with Crippen molar-refractivity contribution in [3.8, 4) is 5.75 Å². The van der Waals surface area contributed by atoms with Crippen molar-refractivity contribution in [2.45, 2.75) is 26.7 Å². The first-order valence-corrected chi connectivity index (χ1v) is 6.49. The number of aryl methyl sites for hydroxylation is 1. The zero-order valence-electron chi connectivity index (χ0n) is 12.4. The third kappa shape index (κ3) is 3.96. The first kappa shape index (κ1) is 15.5. The van der Waals surface area contributed by atoms with E-state index in [9.17, 15) is 9.90 Å². The minimum Gasteiger partial charge on any atom is -0.491 e. The summed E-state index contributed by atoms with van der Waals surface area (Å²) >= 11 is 0. The Morgan fingerprint density at radius 2 is 2.00 bits per heavy atom. The van der Waals surface area contributed by atoms with Crippen LogP contribution in [0.15, 0.2) is 12.1 Å². The van der Waals surface area contributed by atoms with Crippen LogP contribution in [-0.2, 0) is 0 Å². The number of benzene rings is 1. The number of carboxylic acid groups (broad SMARTS) is 1. The average Bonchev–Trinajstić information content (AvgIpc) is 2.27. The number of hydrogen-bond donors (Lipinski definition) is 1. The van der Waals surface area contributed by atoms with E-state index < -0.39 is 5.97 Å². The molecule has 0 amide bonds. The number of nitrogens with zero attached hydrogens (tertiary/aromatic N) is 1. The summed E-state index contributed by atoms with van der Waals surface area (Å²) in [5, 5.41) is 9.37. The van der Waals surface area contributed by atoms with Crippen LogP contribution in [0.4, 0.5) is 0 Å². The Hall–Kier alpha value is -1.55. The van der Waals surface area contributed by atoms with E-state index in [0.717, 1.165) is 17.7 Å². The molecule has 4 nitrogen and oxygen atoms in total. The summed E-state index contributed by atoms with van der Waals surface area (Å²) < 4.78 is 5.76. The van der Waals surface area contributed by atoms with Gasteiger partial charge in [-0.05, 0) is 38.1 Å². The molecule has 1 rings (SSSR count). The average molecular weight is 265 g/mol. The molecule has 106 valence electrons. The highest BCUT2D eigenvalue weighted by Gasteiger charge is 2.20. The summed E-state index contributed by atoms with van der Waals surface area (Å²) in [6.07, 6.45) is 0. The molecule has 0 aliphatic heterocycles. The molecule has 0 saturated heterocycles. The molecule has 0 fully saturated rings. The second kappa shape index (κ2) is 6.57. The minimum absolute atomic E-state index is 0.230. The van der Waals surface area contributed by atoms with Gasteiger partial charge in [0.15, 0.2) is 0 Å². The van der Waals surface area contributed by atoms with Crippen LogP contribution in [0.2, 0.25) is 0 Å². The Kier molecular flexibility index (Phi) is 5.36. The van der Waals surface area contributed by atoms with Gasteiger partial charge in [0.25, 0.3) is 0 Å². The predicted octanol–water partition coefficient (Wildman–Crippen LogP) is 2.76. The standard InChI is InChI=1S/C15H23NO3/c1-10(2)12-7-6-11(3)13(15(17)18)14(12)19-9-8-16(4)5/h6-7,10H,8-9H2,1-5H3,(H,17,18). The maximum atomic E-state index is 11.4. The van der Waals surface area contributed by atoms with E-state index >= 15 is 0 Å². The SMILES string of the molecule is Cc1ccc(C(C)C)c(OCCN(C)C)c1C(=O)O. The molecule has 0 aromatic heterocycles. The molecule has 0 aliphatic rings. The maximum absolute atomic E-state index is 11.4. The summed E-state index contributed by atoms with van der Waals surface area (Å²) in [5.41, 5.74) is 1.96. The van der Waals surface area contributed by atoms with Gasteiger partial charge in [-0.1, -0.05) is 26.0 Å². The van der Waals surface area contributed by atoms with Crippen molar-refractivity contribution in [3.05, 3.63) is 28.8 Å². The zero-order valence-corrected chi connectivity index (χ0v) is 12.4. The largest absolute Gasteiger partial charge is 0.491 e. The van der Waals surface area contributed by atoms with E-state index in [4.69, 9.17) is 4.74 Å². The fraction of sp³-hybridized carbons (Fsp3) is 0.533. The van der Waals surface area contributed by atoms with Gasteiger partial charge in [-0.3, -0.25) is 0 Å². The van der Waals surface area contributed by atoms with Crippen molar-refractivity contribution >= 4 is 5.97 Å². The summed E-state index contributed by atoms with van der Waals surface area (Å²) in [6.45, 7) is 7.11. The Morgan fingerprint density at radius 1 is 1.37 bits per heavy atom. The Morgan fingerprint density at radius 3 is 2.47 bits per heavy atom. The maximum Gasteiger partial charge on any atom is 0.339 e. The highest BCUT2D eigenvalue weighted by molar-refractivity contribution is 5.93. The molecule has 0 aliphatic carbocycles. The monoisotopic (exact) mass is 265 g/mol. The minimum atomic E-state index is -0.931. The van der Waals surface area contributed by atoms with Crippen LogP contribution < -0.4 is 4.74 Å². The molecule has 1 aromatic carbocycles. The van der Waals surface area contributed by atoms with E-state index in [1.165, 1.54) is 0 Å². The predicted molar refractivity (Wildman–Crippen MR) is 76.3 cm³/mol. The molecule has 0 saturated carbocycles. The highest BCUT2D eigenvalue weighted by atomic mass is 16.5. The van der Waals surface area contributed by atoms with Crippen LogP contribution in [0, 0.1) is 6.92 Å². The van der Waals surface area contributed by atoms with E-state index in [-0.39, 0.29) is 11.5 Å². The number of hydrogen-bond acceptors (Lipinski definition) is 3. The van der Waals surface area contributed by atoms with Gasteiger partial charge in [-0.25, -0.2) is 4.79 Å². The van der Waals surface area contributed by atoms with Gasteiger partial charge in [0.1, 0.15) is 17.9 Å². The summed E-state index contributed by atoms with van der Waals surface area (Å²) in [4.78, 5) is 13.4. The Balaban J connectivity index is 3.14. The topological polar surface area (TPSA) is 49.8 Å². The summed E-state index contributed by atoms with van der Waals surface area (Å²) in [5.74, 6) is -0.183. The third-order valence-electron chi connectivity index (χ3n) is 3.02. The molecule has 0 unspecified atom stereocenters. The van der Waals surface area contributed by atoms with E-state index in [2.05, 4.69) is 0 Å². The van der Waals surface area contributed by atoms with Gasteiger partial charge in [0, 0.05) is 6.54 Å². The molecule has 0 radical (unpaired) electrons. The lowest BCUT2D eigenvalue weighted by Gasteiger charge is -2.19. The van der Waals surface area contributed by atoms with Crippen molar-refractivity contribution in [1.29, 1.82) is 0 Å². The fourth-order valence-corrected chi connectivity index (χ4v) is 1.90. The molecule has 1 aromatic rings. The van der Waals surface area contributed by atoms with Crippen molar-refractivity contribution in [1.82, 2.24) is 4.90 Å². The van der Waals surface area contributed by atoms with Crippen molar-refractivity contribution < 1.29 is 14.6 Å². The zero-order chi connectivity index (χ0) is 14.6. The van der Waals surface area contributed by atoms with Crippen LogP contribution in [0.5, 0.6) is 5.75 Å². The number of aromatic carboxylic acids is 1. The second-order valence-electron chi connectivity index (χ2n) is 5.29. The molecule has 0 atom stereocenters. The van der Waals surface area contributed by atoms with E-state index in [0.29, 0.717) is 12.4 Å². The van der Waals surface area contributed by atoms with Gasteiger partial charge >= 0.3 is 5.97 Å². The smallest absolute Gasteiger partial charge is 0.339 e. The molecule has 1 N–H and O–H groups in total. The Labute approximate surface area is 115 Å². The van der Waals surface area contributed by atoms with Gasteiger partial charge in [0.05, 0.1) is 0 Å². The summed E-state index contributed by atoms with van der Waals surface area (Å²) in [6, 6.07) is 3.80. The summed E-state index contributed by atoms with van der Waals surface area (Å²) in [7, 11) is 3.92.